The van der Waals surface area contributed by atoms with Crippen molar-refractivity contribution in [3.8, 4) is 0 Å². The maximum atomic E-state index is 12.5. The first kappa shape index (κ1) is 17.1. The molecule has 1 saturated heterocycles. The predicted molar refractivity (Wildman–Crippen MR) is 90.1 cm³/mol. The van der Waals surface area contributed by atoms with Gasteiger partial charge in [-0.2, -0.15) is 4.37 Å². The van der Waals surface area contributed by atoms with Crippen molar-refractivity contribution in [2.45, 2.75) is 46.1 Å². The van der Waals surface area contributed by atoms with E-state index in [2.05, 4.69) is 28.1 Å². The van der Waals surface area contributed by atoms with Gasteiger partial charge in [-0.1, -0.05) is 27.2 Å². The van der Waals surface area contributed by atoms with Crippen molar-refractivity contribution in [2.75, 3.05) is 31.1 Å². The van der Waals surface area contributed by atoms with Gasteiger partial charge >= 0.3 is 0 Å². The SMILES string of the molecule is CCc1nsc(N2CCCN(C(=O)C(N)C(C)CC)CC2)n1. The summed E-state index contributed by atoms with van der Waals surface area (Å²) in [4.78, 5) is 21.2. The molecule has 7 heteroatoms. The smallest absolute Gasteiger partial charge is 0.239 e. The highest BCUT2D eigenvalue weighted by Gasteiger charge is 2.27. The molecule has 1 aliphatic heterocycles. The first-order valence-corrected chi connectivity index (χ1v) is 8.96. The third kappa shape index (κ3) is 3.95. The third-order valence-electron chi connectivity index (χ3n) is 4.39. The second kappa shape index (κ2) is 7.87. The fraction of sp³-hybridized carbons (Fsp3) is 0.800. The molecule has 2 heterocycles. The van der Waals surface area contributed by atoms with Gasteiger partial charge in [-0.15, -0.1) is 0 Å². The Labute approximate surface area is 136 Å². The number of amides is 1. The topological polar surface area (TPSA) is 75.4 Å². The van der Waals surface area contributed by atoms with Crippen molar-refractivity contribution in [2.24, 2.45) is 11.7 Å². The maximum absolute atomic E-state index is 12.5. The molecular formula is C15H27N5OS. The van der Waals surface area contributed by atoms with Crippen LogP contribution in [0.4, 0.5) is 5.13 Å². The van der Waals surface area contributed by atoms with E-state index in [1.165, 1.54) is 11.5 Å². The van der Waals surface area contributed by atoms with Gasteiger partial charge in [0.25, 0.3) is 0 Å². The molecule has 2 unspecified atom stereocenters. The number of aromatic nitrogens is 2. The number of carbonyl (C=O) groups is 1. The lowest BCUT2D eigenvalue weighted by atomic mass is 9.99. The summed E-state index contributed by atoms with van der Waals surface area (Å²) < 4.78 is 4.35. The van der Waals surface area contributed by atoms with Crippen LogP contribution in [-0.2, 0) is 11.2 Å². The molecule has 2 atom stereocenters. The molecule has 2 rings (SSSR count). The largest absolute Gasteiger partial charge is 0.345 e. The minimum absolute atomic E-state index is 0.0858. The molecule has 6 nitrogen and oxygen atoms in total. The number of nitrogens with zero attached hydrogens (tertiary/aromatic N) is 4. The molecule has 0 aliphatic carbocycles. The lowest BCUT2D eigenvalue weighted by Gasteiger charge is -2.27. The Hall–Kier alpha value is -1.21. The van der Waals surface area contributed by atoms with Gasteiger partial charge < -0.3 is 15.5 Å². The van der Waals surface area contributed by atoms with Gasteiger partial charge in [-0.3, -0.25) is 4.79 Å². The lowest BCUT2D eigenvalue weighted by molar-refractivity contribution is -0.133. The Kier molecular flexibility index (Phi) is 6.14. The molecule has 0 spiro atoms. The van der Waals surface area contributed by atoms with E-state index in [0.717, 1.165) is 49.9 Å². The molecule has 0 bridgehead atoms. The average Bonchev–Trinajstić information content (AvgIpc) is 2.89. The Morgan fingerprint density at radius 1 is 1.32 bits per heavy atom. The summed E-state index contributed by atoms with van der Waals surface area (Å²) in [6.07, 6.45) is 2.73. The van der Waals surface area contributed by atoms with Gasteiger partial charge in [0.05, 0.1) is 6.04 Å². The molecule has 1 amide bonds. The van der Waals surface area contributed by atoms with Crippen LogP contribution in [0.1, 0.15) is 39.4 Å². The highest BCUT2D eigenvalue weighted by atomic mass is 32.1. The summed E-state index contributed by atoms with van der Waals surface area (Å²) in [6, 6.07) is -0.384. The highest BCUT2D eigenvalue weighted by molar-refractivity contribution is 7.09. The van der Waals surface area contributed by atoms with Crippen LogP contribution in [0, 0.1) is 5.92 Å². The first-order valence-electron chi connectivity index (χ1n) is 8.18. The van der Waals surface area contributed by atoms with E-state index in [-0.39, 0.29) is 17.9 Å². The Bertz CT molecular complexity index is 492. The second-order valence-corrected chi connectivity index (χ2v) is 6.65. The van der Waals surface area contributed by atoms with Gasteiger partial charge in [0.2, 0.25) is 11.0 Å². The Balaban J connectivity index is 1.96. The van der Waals surface area contributed by atoms with Gasteiger partial charge in [0.15, 0.2) is 0 Å². The number of rotatable bonds is 5. The van der Waals surface area contributed by atoms with Crippen LogP contribution in [0.3, 0.4) is 0 Å². The molecule has 0 aromatic carbocycles. The molecule has 0 saturated carbocycles. The van der Waals surface area contributed by atoms with E-state index >= 15 is 0 Å². The zero-order valence-electron chi connectivity index (χ0n) is 13.8. The number of aryl methyl sites for hydroxylation is 1. The van der Waals surface area contributed by atoms with Crippen molar-refractivity contribution in [3.05, 3.63) is 5.82 Å². The van der Waals surface area contributed by atoms with Crippen LogP contribution in [0.25, 0.3) is 0 Å². The van der Waals surface area contributed by atoms with E-state index in [1.807, 2.05) is 11.8 Å². The number of carbonyl (C=O) groups excluding carboxylic acids is 1. The van der Waals surface area contributed by atoms with Gasteiger partial charge in [-0.05, 0) is 12.3 Å². The summed E-state index contributed by atoms with van der Waals surface area (Å²) in [7, 11) is 0. The summed E-state index contributed by atoms with van der Waals surface area (Å²) >= 11 is 1.45. The Morgan fingerprint density at radius 2 is 2.09 bits per heavy atom. The zero-order valence-corrected chi connectivity index (χ0v) is 14.6. The molecule has 1 aromatic rings. The molecule has 2 N–H and O–H groups in total. The van der Waals surface area contributed by atoms with Crippen LogP contribution < -0.4 is 10.6 Å². The number of hydrogen-bond acceptors (Lipinski definition) is 6. The monoisotopic (exact) mass is 325 g/mol. The molecule has 22 heavy (non-hydrogen) atoms. The van der Waals surface area contributed by atoms with Crippen LogP contribution in [-0.4, -0.2) is 52.4 Å². The summed E-state index contributed by atoms with van der Waals surface area (Å²) in [5.74, 6) is 1.21. The fourth-order valence-corrected chi connectivity index (χ4v) is 3.36. The predicted octanol–water partition coefficient (Wildman–Crippen LogP) is 1.51. The number of anilines is 1. The van der Waals surface area contributed by atoms with Gasteiger partial charge in [-0.25, -0.2) is 4.98 Å². The lowest BCUT2D eigenvalue weighted by Crippen LogP contribution is -2.48. The van der Waals surface area contributed by atoms with Crippen molar-refractivity contribution < 1.29 is 4.79 Å². The molecular weight excluding hydrogens is 298 g/mol. The quantitative estimate of drug-likeness (QED) is 0.888. The molecule has 1 aromatic heterocycles. The summed E-state index contributed by atoms with van der Waals surface area (Å²) in [5, 5.41) is 0.970. The Morgan fingerprint density at radius 3 is 2.73 bits per heavy atom. The van der Waals surface area contributed by atoms with E-state index < -0.39 is 0 Å². The average molecular weight is 325 g/mol. The normalized spacial score (nSPS) is 18.9. The zero-order chi connectivity index (χ0) is 16.1. The van der Waals surface area contributed by atoms with E-state index in [4.69, 9.17) is 5.73 Å². The van der Waals surface area contributed by atoms with E-state index in [0.29, 0.717) is 6.54 Å². The number of hydrogen-bond donors (Lipinski definition) is 1. The minimum Gasteiger partial charge on any atom is -0.345 e. The van der Waals surface area contributed by atoms with Crippen LogP contribution >= 0.6 is 11.5 Å². The second-order valence-electron chi connectivity index (χ2n) is 5.92. The van der Waals surface area contributed by atoms with Gasteiger partial charge in [0, 0.05) is 44.1 Å². The molecule has 1 aliphatic rings. The maximum Gasteiger partial charge on any atom is 0.239 e. The van der Waals surface area contributed by atoms with Crippen LogP contribution in [0.5, 0.6) is 0 Å². The van der Waals surface area contributed by atoms with Gasteiger partial charge in [0.1, 0.15) is 5.82 Å². The minimum atomic E-state index is -0.384. The standard InChI is InChI=1S/C15H27N5OS/c1-4-11(3)13(16)14(21)19-7-6-8-20(10-9-19)15-17-12(5-2)18-22-15/h11,13H,4-10,16H2,1-3H3. The van der Waals surface area contributed by atoms with E-state index in [1.54, 1.807) is 0 Å². The molecule has 1 fully saturated rings. The summed E-state index contributed by atoms with van der Waals surface area (Å²) in [6.45, 7) is 9.38. The van der Waals surface area contributed by atoms with Crippen molar-refractivity contribution in [1.82, 2.24) is 14.3 Å². The number of nitrogens with two attached hydrogens (primary N) is 1. The first-order chi connectivity index (χ1) is 10.6. The summed E-state index contributed by atoms with van der Waals surface area (Å²) in [5.41, 5.74) is 6.10. The van der Waals surface area contributed by atoms with Crippen molar-refractivity contribution in [3.63, 3.8) is 0 Å². The highest BCUT2D eigenvalue weighted by Crippen LogP contribution is 2.20. The van der Waals surface area contributed by atoms with Crippen molar-refractivity contribution >= 4 is 22.6 Å². The van der Waals surface area contributed by atoms with E-state index in [9.17, 15) is 4.79 Å². The van der Waals surface area contributed by atoms with Crippen molar-refractivity contribution in [1.29, 1.82) is 0 Å². The molecule has 0 radical (unpaired) electrons. The van der Waals surface area contributed by atoms with Crippen LogP contribution in [0.15, 0.2) is 0 Å². The third-order valence-corrected chi connectivity index (χ3v) is 5.21. The molecule has 124 valence electrons. The fourth-order valence-electron chi connectivity index (χ4n) is 2.55. The van der Waals surface area contributed by atoms with Crippen LogP contribution in [0.2, 0.25) is 0 Å².